The van der Waals surface area contributed by atoms with Crippen LogP contribution in [-0.2, 0) is 37.7 Å². The Morgan fingerprint density at radius 2 is 1.39 bits per heavy atom. The molecule has 0 saturated heterocycles. The maximum Gasteiger partial charge on any atom is 0.164 e. The fraction of sp³-hybridized carbons (Fsp3) is 0.440. The van der Waals surface area contributed by atoms with Gasteiger partial charge in [0.15, 0.2) is 5.78 Å². The van der Waals surface area contributed by atoms with Crippen molar-refractivity contribution >= 4 is 61.0 Å². The molecule has 56 heavy (non-hydrogen) atoms. The number of allylic oxidation sites excluding steroid dienone is 2. The number of nitrogens with zero attached hydrogens (tertiary/aromatic N) is 1. The number of rotatable bonds is 9. The second-order valence-electron chi connectivity index (χ2n) is 18.6. The Balaban J connectivity index is 0.000000285. The zero-order valence-electron chi connectivity index (χ0n) is 35.5. The SMILES string of the molecule is CC(C)(C)Cc1cccc2c1cc1c3c(nccc32)-c2[c-]c3oc4ccccc4c3c(CC(C)(C)C)c2S1.CCC(C)(CC)C(=O)/C=C(\O)C(C)(CC)CC.[Ir]. The molecule has 6 heteroatoms. The number of benzene rings is 4. The summed E-state index contributed by atoms with van der Waals surface area (Å²) < 4.78 is 6.40. The molecule has 1 aliphatic heterocycles. The van der Waals surface area contributed by atoms with Gasteiger partial charge in [-0.25, -0.2) is 0 Å². The van der Waals surface area contributed by atoms with E-state index in [-0.39, 0.29) is 53.3 Å². The Kier molecular flexibility index (Phi) is 12.8. The van der Waals surface area contributed by atoms with Crippen molar-refractivity contribution in [1.29, 1.82) is 0 Å². The number of para-hydroxylation sites is 1. The van der Waals surface area contributed by atoms with Gasteiger partial charge in [-0.2, -0.15) is 0 Å². The molecule has 2 aromatic heterocycles. The van der Waals surface area contributed by atoms with E-state index in [0.29, 0.717) is 0 Å². The summed E-state index contributed by atoms with van der Waals surface area (Å²) >= 11 is 1.90. The summed E-state index contributed by atoms with van der Waals surface area (Å²) in [6.45, 7) is 26.0. The molecule has 7 rings (SSSR count). The van der Waals surface area contributed by atoms with Gasteiger partial charge >= 0.3 is 0 Å². The van der Waals surface area contributed by atoms with Crippen molar-refractivity contribution in [1.82, 2.24) is 4.98 Å². The van der Waals surface area contributed by atoms with Crippen LogP contribution in [0.5, 0.6) is 0 Å². The van der Waals surface area contributed by atoms with Gasteiger partial charge in [-0.3, -0.25) is 4.79 Å². The van der Waals surface area contributed by atoms with E-state index >= 15 is 0 Å². The van der Waals surface area contributed by atoms with Crippen LogP contribution in [0.25, 0.3) is 54.7 Å². The third-order valence-electron chi connectivity index (χ3n) is 12.1. The second-order valence-corrected chi connectivity index (χ2v) is 19.6. The Bertz CT molecular complexity index is 2430. The summed E-state index contributed by atoms with van der Waals surface area (Å²) in [4.78, 5) is 19.7. The zero-order valence-corrected chi connectivity index (χ0v) is 38.8. The minimum atomic E-state index is -0.337. The van der Waals surface area contributed by atoms with Gasteiger partial charge in [0.05, 0.1) is 5.58 Å². The molecule has 0 spiro atoms. The fourth-order valence-corrected chi connectivity index (χ4v) is 9.04. The predicted molar refractivity (Wildman–Crippen MR) is 234 cm³/mol. The van der Waals surface area contributed by atoms with Gasteiger partial charge in [-0.05, 0) is 111 Å². The molecular formula is C50H60IrNO3S-. The molecule has 0 amide bonds. The first-order valence-electron chi connectivity index (χ1n) is 20.2. The normalized spacial score (nSPS) is 13.5. The summed E-state index contributed by atoms with van der Waals surface area (Å²) in [5.74, 6) is 0.286. The van der Waals surface area contributed by atoms with E-state index in [1.807, 2.05) is 65.6 Å². The van der Waals surface area contributed by atoms with Crippen LogP contribution in [-0.4, -0.2) is 15.9 Å². The topological polar surface area (TPSA) is 63.3 Å². The minimum Gasteiger partial charge on any atom is -0.512 e. The zero-order chi connectivity index (χ0) is 40.1. The van der Waals surface area contributed by atoms with Crippen molar-refractivity contribution < 1.29 is 34.4 Å². The van der Waals surface area contributed by atoms with Crippen molar-refractivity contribution in [2.24, 2.45) is 21.7 Å². The largest absolute Gasteiger partial charge is 0.512 e. The Hall–Kier alpha value is -3.44. The summed E-state index contributed by atoms with van der Waals surface area (Å²) in [5, 5.41) is 17.7. The summed E-state index contributed by atoms with van der Waals surface area (Å²) in [6, 6.07) is 23.5. The van der Waals surface area contributed by atoms with Crippen LogP contribution < -0.4 is 0 Å². The van der Waals surface area contributed by atoms with Crippen LogP contribution >= 0.6 is 11.8 Å². The quantitative estimate of drug-likeness (QED) is 0.0676. The molecule has 0 saturated carbocycles. The average molecular weight is 947 g/mol. The van der Waals surface area contributed by atoms with Gasteiger partial charge < -0.3 is 14.5 Å². The summed E-state index contributed by atoms with van der Waals surface area (Å²) in [5.41, 5.74) is 6.34. The number of aromatic nitrogens is 1. The van der Waals surface area contributed by atoms with Gasteiger partial charge in [0, 0.05) is 48.1 Å². The molecule has 3 heterocycles. The number of aliphatic hydroxyl groups excluding tert-OH is 1. The van der Waals surface area contributed by atoms with E-state index in [0.717, 1.165) is 60.9 Å². The van der Waals surface area contributed by atoms with Gasteiger partial charge in [-0.1, -0.05) is 130 Å². The van der Waals surface area contributed by atoms with Crippen LogP contribution in [0.15, 0.2) is 86.8 Å². The predicted octanol–water partition coefficient (Wildman–Crippen LogP) is 15.0. The standard InChI is InChI=1S/C35H32NOS.C15H28O2.Ir/c1-34(2,3)18-20-10-9-12-21-22-14-15-36-32-25-16-28-30(23-11-7-8-13-27(23)37-28)26(19-35(4,5)6)33(25)38-29(31(22)32)17-24(20)21;1-7-14(5,8-2)12(16)11-13(17)15(6,9-3)10-4;/h7-15,17H,18-19H2,1-6H3;11,16H,7-10H2,1-6H3;/q-1;;/b;12-11-;. The van der Waals surface area contributed by atoms with E-state index in [1.165, 1.54) is 59.3 Å². The maximum atomic E-state index is 12.2. The van der Waals surface area contributed by atoms with Crippen LogP contribution in [0.1, 0.15) is 120 Å². The van der Waals surface area contributed by atoms with E-state index in [4.69, 9.17) is 9.40 Å². The van der Waals surface area contributed by atoms with Crippen molar-refractivity contribution in [3.8, 4) is 11.3 Å². The number of aliphatic hydroxyl groups is 1. The smallest absolute Gasteiger partial charge is 0.164 e. The molecule has 0 fully saturated rings. The third kappa shape index (κ3) is 8.40. The summed E-state index contributed by atoms with van der Waals surface area (Å²) in [7, 11) is 0. The van der Waals surface area contributed by atoms with Crippen LogP contribution in [0.3, 0.4) is 0 Å². The molecule has 299 valence electrons. The van der Waals surface area contributed by atoms with Gasteiger partial charge in [0.2, 0.25) is 0 Å². The van der Waals surface area contributed by atoms with Crippen molar-refractivity contribution in [2.45, 2.75) is 131 Å². The molecule has 1 aliphatic rings. The van der Waals surface area contributed by atoms with Gasteiger partial charge in [0.25, 0.3) is 0 Å². The molecule has 0 atom stereocenters. The van der Waals surface area contributed by atoms with Crippen LogP contribution in [0.4, 0.5) is 0 Å². The molecule has 0 unspecified atom stereocenters. The third-order valence-corrected chi connectivity index (χ3v) is 13.3. The first-order valence-corrected chi connectivity index (χ1v) is 21.0. The maximum absolute atomic E-state index is 12.2. The number of furan rings is 1. The number of carbonyl (C=O) groups is 1. The molecular weight excluding hydrogens is 887 g/mol. The van der Waals surface area contributed by atoms with Crippen LogP contribution in [0.2, 0.25) is 0 Å². The second kappa shape index (κ2) is 16.4. The fourth-order valence-electron chi connectivity index (χ4n) is 7.79. The molecule has 6 aromatic rings. The Labute approximate surface area is 352 Å². The van der Waals surface area contributed by atoms with Gasteiger partial charge in [-0.15, -0.1) is 22.9 Å². The van der Waals surface area contributed by atoms with Crippen molar-refractivity contribution in [2.75, 3.05) is 0 Å². The van der Waals surface area contributed by atoms with Crippen molar-refractivity contribution in [3.63, 3.8) is 0 Å². The number of pyridine rings is 1. The van der Waals surface area contributed by atoms with Gasteiger partial charge in [0.1, 0.15) is 11.3 Å². The number of carbonyl (C=O) groups excluding carboxylic acids is 1. The van der Waals surface area contributed by atoms with E-state index in [9.17, 15) is 9.90 Å². The molecule has 4 aromatic carbocycles. The monoisotopic (exact) mass is 947 g/mol. The molecule has 0 bridgehead atoms. The minimum absolute atomic E-state index is 0. The molecule has 1 radical (unpaired) electrons. The first-order chi connectivity index (χ1) is 25.9. The molecule has 4 nitrogen and oxygen atoms in total. The number of hydrogen-bond acceptors (Lipinski definition) is 5. The Morgan fingerprint density at radius 3 is 2.02 bits per heavy atom. The van der Waals surface area contributed by atoms with Crippen LogP contribution in [0, 0.1) is 27.7 Å². The molecule has 0 aliphatic carbocycles. The number of ketones is 1. The summed E-state index contributed by atoms with van der Waals surface area (Å²) in [6.07, 6.45) is 8.71. The van der Waals surface area contributed by atoms with E-state index < -0.39 is 0 Å². The average Bonchev–Trinajstić information content (AvgIpc) is 3.52. The Morgan fingerprint density at radius 1 is 0.768 bits per heavy atom. The number of hydrogen-bond donors (Lipinski definition) is 1. The number of fused-ring (bicyclic) bond motifs is 7. The van der Waals surface area contributed by atoms with Crippen molar-refractivity contribution in [3.05, 3.63) is 89.8 Å². The molecule has 1 N–H and O–H groups in total. The first kappa shape index (κ1) is 43.7. The van der Waals surface area contributed by atoms with E-state index in [1.54, 1.807) is 0 Å². The van der Waals surface area contributed by atoms with E-state index in [2.05, 4.69) is 96.1 Å².